The molecule has 2 aromatic carbocycles. The molecule has 0 aliphatic carbocycles. The molecule has 0 fully saturated rings. The number of benzene rings is 2. The standard InChI is InChI=1S/C15H16O3/c1-3-18-15(16)14-12(10-17-2)9-8-11-6-4-5-7-13(11)14/h4-9H,3,10H2,1-2H3. The summed E-state index contributed by atoms with van der Waals surface area (Å²) in [6.45, 7) is 2.58. The molecule has 3 heteroatoms. The lowest BCUT2D eigenvalue weighted by atomic mass is 9.99. The molecular formula is C15H16O3. The minimum atomic E-state index is -0.290. The van der Waals surface area contributed by atoms with Crippen LogP contribution in [0.2, 0.25) is 0 Å². The molecule has 2 rings (SSSR count). The molecule has 0 bridgehead atoms. The first-order valence-electron chi connectivity index (χ1n) is 5.94. The topological polar surface area (TPSA) is 35.5 Å². The number of carbonyl (C=O) groups is 1. The van der Waals surface area contributed by atoms with Crippen molar-refractivity contribution in [1.82, 2.24) is 0 Å². The van der Waals surface area contributed by atoms with Gasteiger partial charge in [0.1, 0.15) is 0 Å². The van der Waals surface area contributed by atoms with E-state index in [0.29, 0.717) is 18.8 Å². The number of fused-ring (bicyclic) bond motifs is 1. The Morgan fingerprint density at radius 3 is 2.67 bits per heavy atom. The molecule has 0 heterocycles. The fraction of sp³-hybridized carbons (Fsp3) is 0.267. The van der Waals surface area contributed by atoms with Gasteiger partial charge in [0.15, 0.2) is 0 Å². The summed E-state index contributed by atoms with van der Waals surface area (Å²) in [7, 11) is 1.62. The average molecular weight is 244 g/mol. The molecule has 0 atom stereocenters. The molecule has 2 aromatic rings. The van der Waals surface area contributed by atoms with Crippen molar-refractivity contribution in [1.29, 1.82) is 0 Å². The van der Waals surface area contributed by atoms with Gasteiger partial charge in [-0.1, -0.05) is 36.4 Å². The zero-order valence-electron chi connectivity index (χ0n) is 10.6. The summed E-state index contributed by atoms with van der Waals surface area (Å²) < 4.78 is 10.3. The van der Waals surface area contributed by atoms with Crippen molar-refractivity contribution in [2.45, 2.75) is 13.5 Å². The van der Waals surface area contributed by atoms with Crippen LogP contribution < -0.4 is 0 Å². The van der Waals surface area contributed by atoms with Crippen LogP contribution in [-0.2, 0) is 16.1 Å². The highest BCUT2D eigenvalue weighted by Crippen LogP contribution is 2.24. The van der Waals surface area contributed by atoms with E-state index in [1.54, 1.807) is 14.0 Å². The molecule has 3 nitrogen and oxygen atoms in total. The van der Waals surface area contributed by atoms with Gasteiger partial charge in [0, 0.05) is 7.11 Å². The van der Waals surface area contributed by atoms with Crippen LogP contribution in [0, 0.1) is 0 Å². The summed E-state index contributed by atoms with van der Waals surface area (Å²) in [5.41, 5.74) is 1.46. The van der Waals surface area contributed by atoms with Gasteiger partial charge in [-0.2, -0.15) is 0 Å². The molecule has 0 saturated heterocycles. The Morgan fingerprint density at radius 2 is 1.94 bits per heavy atom. The van der Waals surface area contributed by atoms with Gasteiger partial charge in [-0.25, -0.2) is 4.79 Å². The quantitative estimate of drug-likeness (QED) is 0.775. The molecular weight excluding hydrogens is 228 g/mol. The molecule has 0 radical (unpaired) electrons. The first-order chi connectivity index (χ1) is 8.77. The van der Waals surface area contributed by atoms with Crippen molar-refractivity contribution in [2.75, 3.05) is 13.7 Å². The van der Waals surface area contributed by atoms with Crippen molar-refractivity contribution in [3.63, 3.8) is 0 Å². The lowest BCUT2D eigenvalue weighted by Crippen LogP contribution is -2.09. The molecule has 18 heavy (non-hydrogen) atoms. The van der Waals surface area contributed by atoms with E-state index in [1.165, 1.54) is 0 Å². The predicted octanol–water partition coefficient (Wildman–Crippen LogP) is 3.16. The Hall–Kier alpha value is -1.87. The van der Waals surface area contributed by atoms with Gasteiger partial charge in [0.05, 0.1) is 18.8 Å². The SMILES string of the molecule is CCOC(=O)c1c(COC)ccc2ccccc12. The van der Waals surface area contributed by atoms with E-state index in [4.69, 9.17) is 9.47 Å². The summed E-state index contributed by atoms with van der Waals surface area (Å²) in [4.78, 5) is 12.1. The number of carbonyl (C=O) groups excluding carboxylic acids is 1. The van der Waals surface area contributed by atoms with Gasteiger partial charge in [-0.05, 0) is 23.3 Å². The second-order valence-electron chi connectivity index (χ2n) is 3.97. The maximum absolute atomic E-state index is 12.1. The van der Waals surface area contributed by atoms with Gasteiger partial charge in [-0.15, -0.1) is 0 Å². The van der Waals surface area contributed by atoms with E-state index < -0.39 is 0 Å². The smallest absolute Gasteiger partial charge is 0.339 e. The third-order valence-corrected chi connectivity index (χ3v) is 2.79. The van der Waals surface area contributed by atoms with Crippen LogP contribution >= 0.6 is 0 Å². The minimum absolute atomic E-state index is 0.290. The zero-order chi connectivity index (χ0) is 13.0. The number of methoxy groups -OCH3 is 1. The second kappa shape index (κ2) is 5.65. The van der Waals surface area contributed by atoms with Crippen molar-refractivity contribution < 1.29 is 14.3 Å². The number of hydrogen-bond acceptors (Lipinski definition) is 3. The third kappa shape index (κ3) is 2.36. The van der Waals surface area contributed by atoms with Crippen LogP contribution in [0.5, 0.6) is 0 Å². The van der Waals surface area contributed by atoms with Crippen LogP contribution in [-0.4, -0.2) is 19.7 Å². The molecule has 0 aliphatic heterocycles. The van der Waals surface area contributed by atoms with Crippen molar-refractivity contribution in [3.8, 4) is 0 Å². The summed E-state index contributed by atoms with van der Waals surface area (Å²) in [6, 6.07) is 11.7. The summed E-state index contributed by atoms with van der Waals surface area (Å²) >= 11 is 0. The lowest BCUT2D eigenvalue weighted by molar-refractivity contribution is 0.0524. The van der Waals surface area contributed by atoms with Crippen molar-refractivity contribution in [3.05, 3.63) is 47.5 Å². The summed E-state index contributed by atoms with van der Waals surface area (Å²) in [5, 5.41) is 1.94. The highest BCUT2D eigenvalue weighted by Gasteiger charge is 2.16. The van der Waals surface area contributed by atoms with Crippen molar-refractivity contribution >= 4 is 16.7 Å². The average Bonchev–Trinajstić information content (AvgIpc) is 2.39. The van der Waals surface area contributed by atoms with Gasteiger partial charge in [0.2, 0.25) is 0 Å². The maximum Gasteiger partial charge on any atom is 0.339 e. The van der Waals surface area contributed by atoms with Gasteiger partial charge < -0.3 is 9.47 Å². The number of esters is 1. The second-order valence-corrected chi connectivity index (χ2v) is 3.97. The molecule has 0 amide bonds. The molecule has 0 saturated carbocycles. The van der Waals surface area contributed by atoms with Crippen LogP contribution in [0.1, 0.15) is 22.8 Å². The molecule has 0 unspecified atom stereocenters. The van der Waals surface area contributed by atoms with Gasteiger partial charge >= 0.3 is 5.97 Å². The Balaban J connectivity index is 2.62. The third-order valence-electron chi connectivity index (χ3n) is 2.79. The Morgan fingerprint density at radius 1 is 1.17 bits per heavy atom. The first kappa shape index (κ1) is 12.6. The van der Waals surface area contributed by atoms with E-state index in [0.717, 1.165) is 16.3 Å². The maximum atomic E-state index is 12.1. The Kier molecular flexibility index (Phi) is 3.95. The fourth-order valence-corrected chi connectivity index (χ4v) is 2.04. The Labute approximate surface area is 106 Å². The minimum Gasteiger partial charge on any atom is -0.462 e. The van der Waals surface area contributed by atoms with Gasteiger partial charge in [-0.3, -0.25) is 0 Å². The van der Waals surface area contributed by atoms with E-state index in [9.17, 15) is 4.79 Å². The van der Waals surface area contributed by atoms with Crippen LogP contribution in [0.3, 0.4) is 0 Å². The first-order valence-corrected chi connectivity index (χ1v) is 5.94. The fourth-order valence-electron chi connectivity index (χ4n) is 2.04. The van der Waals surface area contributed by atoms with E-state index >= 15 is 0 Å². The monoisotopic (exact) mass is 244 g/mol. The molecule has 94 valence electrons. The highest BCUT2D eigenvalue weighted by atomic mass is 16.5. The van der Waals surface area contributed by atoms with Gasteiger partial charge in [0.25, 0.3) is 0 Å². The molecule has 0 N–H and O–H groups in total. The molecule has 0 aromatic heterocycles. The largest absolute Gasteiger partial charge is 0.462 e. The number of hydrogen-bond donors (Lipinski definition) is 0. The number of rotatable bonds is 4. The van der Waals surface area contributed by atoms with Crippen LogP contribution in [0.4, 0.5) is 0 Å². The molecule has 0 aliphatic rings. The number of ether oxygens (including phenoxy) is 2. The molecule has 0 spiro atoms. The van der Waals surface area contributed by atoms with Crippen LogP contribution in [0.15, 0.2) is 36.4 Å². The Bertz CT molecular complexity index is 561. The van der Waals surface area contributed by atoms with E-state index in [-0.39, 0.29) is 5.97 Å². The summed E-state index contributed by atoms with van der Waals surface area (Å²) in [5.74, 6) is -0.290. The van der Waals surface area contributed by atoms with Crippen LogP contribution in [0.25, 0.3) is 10.8 Å². The lowest BCUT2D eigenvalue weighted by Gasteiger charge is -2.11. The predicted molar refractivity (Wildman–Crippen MR) is 70.6 cm³/mol. The van der Waals surface area contributed by atoms with E-state index in [2.05, 4.69) is 0 Å². The summed E-state index contributed by atoms with van der Waals surface area (Å²) in [6.07, 6.45) is 0. The zero-order valence-corrected chi connectivity index (χ0v) is 10.6. The highest BCUT2D eigenvalue weighted by molar-refractivity contribution is 6.05. The normalized spacial score (nSPS) is 10.6. The van der Waals surface area contributed by atoms with Crippen molar-refractivity contribution in [2.24, 2.45) is 0 Å². The van der Waals surface area contributed by atoms with E-state index in [1.807, 2.05) is 36.4 Å².